The van der Waals surface area contributed by atoms with Crippen LogP contribution in [0.2, 0.25) is 0 Å². The van der Waals surface area contributed by atoms with Gasteiger partial charge in [0.15, 0.2) is 0 Å². The number of allylic oxidation sites excluding steroid dienone is 3. The van der Waals surface area contributed by atoms with E-state index in [2.05, 4.69) is 42.8 Å². The van der Waals surface area contributed by atoms with Gasteiger partial charge in [-0.2, -0.15) is 0 Å². The first-order valence-corrected chi connectivity index (χ1v) is 6.36. The molecule has 0 radical (unpaired) electrons. The largest absolute Gasteiger partial charge is 0.368 e. The highest BCUT2D eigenvalue weighted by Crippen LogP contribution is 2.10. The lowest BCUT2D eigenvalue weighted by atomic mass is 10.2. The summed E-state index contributed by atoms with van der Waals surface area (Å²) in [7, 11) is 0. The average Bonchev–Trinajstić information content (AvgIpc) is 2.42. The van der Waals surface area contributed by atoms with Crippen molar-refractivity contribution in [3.05, 3.63) is 78.7 Å². The Bertz CT molecular complexity index is 478. The minimum Gasteiger partial charge on any atom is -0.368 e. The molecule has 0 aliphatic heterocycles. The molecule has 0 fully saturated rings. The summed E-state index contributed by atoms with van der Waals surface area (Å²) >= 11 is 0. The predicted octanol–water partition coefficient (Wildman–Crippen LogP) is 4.16. The Kier molecular flexibility index (Phi) is 6.23. The molecule has 0 atom stereocenters. The molecule has 0 amide bonds. The summed E-state index contributed by atoms with van der Waals surface area (Å²) in [4.78, 5) is 0. The van der Waals surface area contributed by atoms with E-state index < -0.39 is 0 Å². The zero-order valence-corrected chi connectivity index (χ0v) is 11.7. The lowest BCUT2D eigenvalue weighted by Gasteiger charge is -2.12. The highest BCUT2D eigenvalue weighted by Gasteiger charge is 1.96. The van der Waals surface area contributed by atoms with Crippen LogP contribution >= 0.6 is 0 Å². The molecule has 1 rings (SSSR count). The number of hydrogen-bond acceptors (Lipinski definition) is 2. The first kappa shape index (κ1) is 14.8. The van der Waals surface area contributed by atoms with E-state index in [1.807, 2.05) is 43.4 Å². The van der Waals surface area contributed by atoms with Crippen molar-refractivity contribution in [1.82, 2.24) is 5.32 Å². The van der Waals surface area contributed by atoms with E-state index in [9.17, 15) is 0 Å². The Hall–Kier alpha value is -2.22. The van der Waals surface area contributed by atoms with Gasteiger partial charge in [-0.15, -0.1) is 0 Å². The highest BCUT2D eigenvalue weighted by atomic mass is 15.1. The Morgan fingerprint density at radius 2 is 1.95 bits per heavy atom. The molecule has 0 aromatic heterocycles. The summed E-state index contributed by atoms with van der Waals surface area (Å²) < 4.78 is 0. The molecule has 100 valence electrons. The summed E-state index contributed by atoms with van der Waals surface area (Å²) in [5.74, 6) is 0.775. The van der Waals surface area contributed by atoms with Gasteiger partial charge in [-0.25, -0.2) is 0 Å². The Morgan fingerprint density at radius 1 is 1.26 bits per heavy atom. The molecule has 2 N–H and O–H groups in total. The molecule has 1 aromatic carbocycles. The third kappa shape index (κ3) is 5.77. The summed E-state index contributed by atoms with van der Waals surface area (Å²) in [6, 6.07) is 8.20. The van der Waals surface area contributed by atoms with E-state index in [0.717, 1.165) is 17.1 Å². The fourth-order valence-corrected chi connectivity index (χ4v) is 1.48. The SMILES string of the molecule is C=C/C(=C\C=C/C)CNC(=C)Nc1ccc(C)cc1. The van der Waals surface area contributed by atoms with Crippen molar-refractivity contribution in [3.8, 4) is 0 Å². The highest BCUT2D eigenvalue weighted by molar-refractivity contribution is 5.48. The monoisotopic (exact) mass is 254 g/mol. The average molecular weight is 254 g/mol. The molecule has 0 spiro atoms. The van der Waals surface area contributed by atoms with Crippen LogP contribution < -0.4 is 10.6 Å². The normalized spacial score (nSPS) is 11.4. The van der Waals surface area contributed by atoms with Crippen molar-refractivity contribution in [2.45, 2.75) is 13.8 Å². The maximum absolute atomic E-state index is 3.96. The molecule has 2 nitrogen and oxygen atoms in total. The van der Waals surface area contributed by atoms with Crippen LogP contribution in [0.3, 0.4) is 0 Å². The molecule has 1 aromatic rings. The van der Waals surface area contributed by atoms with Crippen molar-refractivity contribution < 1.29 is 0 Å². The Labute approximate surface area is 116 Å². The standard InChI is InChI=1S/C17H22N2/c1-5-7-8-16(6-2)13-18-15(4)19-17-11-9-14(3)10-12-17/h5-12,18-19H,2,4,13H2,1,3H3/b7-5-,16-8+. The molecular weight excluding hydrogens is 232 g/mol. The fraction of sp³-hybridized carbons (Fsp3) is 0.176. The van der Waals surface area contributed by atoms with Crippen LogP contribution in [0.1, 0.15) is 12.5 Å². The topological polar surface area (TPSA) is 24.1 Å². The van der Waals surface area contributed by atoms with Crippen molar-refractivity contribution >= 4 is 5.69 Å². The molecule has 0 aliphatic carbocycles. The van der Waals surface area contributed by atoms with Crippen molar-refractivity contribution in [2.24, 2.45) is 0 Å². The second kappa shape index (κ2) is 7.98. The smallest absolute Gasteiger partial charge is 0.0959 e. The van der Waals surface area contributed by atoms with Crippen LogP contribution in [0.15, 0.2) is 73.1 Å². The fourth-order valence-electron chi connectivity index (χ4n) is 1.48. The van der Waals surface area contributed by atoms with Gasteiger partial charge in [-0.3, -0.25) is 0 Å². The molecule has 0 aliphatic rings. The molecular formula is C17H22N2. The van der Waals surface area contributed by atoms with Gasteiger partial charge in [-0.05, 0) is 31.6 Å². The maximum Gasteiger partial charge on any atom is 0.0959 e. The van der Waals surface area contributed by atoms with Crippen LogP contribution in [0.4, 0.5) is 5.69 Å². The van der Waals surface area contributed by atoms with Gasteiger partial charge in [-0.1, -0.05) is 55.2 Å². The quantitative estimate of drug-likeness (QED) is 0.714. The lowest BCUT2D eigenvalue weighted by Crippen LogP contribution is -2.20. The van der Waals surface area contributed by atoms with E-state index in [-0.39, 0.29) is 0 Å². The Morgan fingerprint density at radius 3 is 2.53 bits per heavy atom. The third-order valence-corrected chi connectivity index (χ3v) is 2.62. The van der Waals surface area contributed by atoms with Gasteiger partial charge in [0.05, 0.1) is 5.82 Å². The predicted molar refractivity (Wildman–Crippen MR) is 85.0 cm³/mol. The van der Waals surface area contributed by atoms with Gasteiger partial charge in [0.1, 0.15) is 0 Å². The zero-order valence-electron chi connectivity index (χ0n) is 11.7. The number of rotatable bonds is 7. The van der Waals surface area contributed by atoms with E-state index >= 15 is 0 Å². The minimum absolute atomic E-state index is 0.700. The van der Waals surface area contributed by atoms with Gasteiger partial charge >= 0.3 is 0 Å². The summed E-state index contributed by atoms with van der Waals surface area (Å²) in [5, 5.41) is 6.45. The molecule has 0 saturated carbocycles. The first-order valence-electron chi connectivity index (χ1n) is 6.36. The second-order valence-corrected chi connectivity index (χ2v) is 4.29. The molecule has 0 bridgehead atoms. The number of benzene rings is 1. The van der Waals surface area contributed by atoms with E-state index in [4.69, 9.17) is 0 Å². The molecule has 0 heterocycles. The number of hydrogen-bond donors (Lipinski definition) is 2. The van der Waals surface area contributed by atoms with Crippen LogP contribution in [-0.2, 0) is 0 Å². The molecule has 0 saturated heterocycles. The third-order valence-electron chi connectivity index (χ3n) is 2.62. The van der Waals surface area contributed by atoms with E-state index in [1.54, 1.807) is 0 Å². The summed E-state index contributed by atoms with van der Waals surface area (Å²) in [6.07, 6.45) is 7.85. The lowest BCUT2D eigenvalue weighted by molar-refractivity contribution is 0.894. The van der Waals surface area contributed by atoms with Crippen molar-refractivity contribution in [2.75, 3.05) is 11.9 Å². The molecule has 2 heteroatoms. The van der Waals surface area contributed by atoms with Gasteiger partial charge in [0.2, 0.25) is 0 Å². The van der Waals surface area contributed by atoms with Gasteiger partial charge < -0.3 is 10.6 Å². The maximum atomic E-state index is 3.96. The minimum atomic E-state index is 0.700. The second-order valence-electron chi connectivity index (χ2n) is 4.29. The summed E-state index contributed by atoms with van der Waals surface area (Å²) in [5.41, 5.74) is 3.39. The number of nitrogens with one attached hydrogen (secondary N) is 2. The van der Waals surface area contributed by atoms with Gasteiger partial charge in [0.25, 0.3) is 0 Å². The van der Waals surface area contributed by atoms with Crippen molar-refractivity contribution in [1.29, 1.82) is 0 Å². The van der Waals surface area contributed by atoms with E-state index in [1.165, 1.54) is 5.56 Å². The Balaban J connectivity index is 2.47. The number of anilines is 1. The van der Waals surface area contributed by atoms with Crippen molar-refractivity contribution in [3.63, 3.8) is 0 Å². The number of aryl methyl sites for hydroxylation is 1. The zero-order chi connectivity index (χ0) is 14.1. The van der Waals surface area contributed by atoms with E-state index in [0.29, 0.717) is 6.54 Å². The molecule has 19 heavy (non-hydrogen) atoms. The summed E-state index contributed by atoms with van der Waals surface area (Å²) in [6.45, 7) is 12.5. The van der Waals surface area contributed by atoms with Crippen LogP contribution in [0.25, 0.3) is 0 Å². The van der Waals surface area contributed by atoms with Crippen LogP contribution in [0, 0.1) is 6.92 Å². The first-order chi connectivity index (χ1) is 9.15. The van der Waals surface area contributed by atoms with Gasteiger partial charge in [0, 0.05) is 12.2 Å². The van der Waals surface area contributed by atoms with Crippen LogP contribution in [-0.4, -0.2) is 6.54 Å². The molecule has 0 unspecified atom stereocenters. The van der Waals surface area contributed by atoms with Crippen LogP contribution in [0.5, 0.6) is 0 Å².